The molecule has 0 atom stereocenters. The van der Waals surface area contributed by atoms with Crippen molar-refractivity contribution in [2.24, 2.45) is 5.73 Å². The molecule has 1 fully saturated rings. The standard InChI is InChI=1S/C26H24N6O3/c27-24(33)19-9-11-22(12-10-19)35-23-8-4-5-20(17-23)25-28-18-32(29-25)26(34)31-15-13-30(14-16-31)21-6-2-1-3-7-21/h1-12,17-18H,13-16H2,(H2,27,33). The number of carbonyl (C=O) groups is 2. The molecule has 9 nitrogen and oxygen atoms in total. The number of nitrogens with zero attached hydrogens (tertiary/aromatic N) is 5. The minimum atomic E-state index is -0.493. The molecule has 0 bridgehead atoms. The molecule has 9 heteroatoms. The van der Waals surface area contributed by atoms with Crippen LogP contribution in [0.25, 0.3) is 11.4 Å². The van der Waals surface area contributed by atoms with E-state index in [1.54, 1.807) is 41.3 Å². The normalized spacial score (nSPS) is 13.5. The number of carbonyl (C=O) groups excluding carboxylic acids is 2. The number of anilines is 1. The molecule has 176 valence electrons. The second-order valence-corrected chi connectivity index (χ2v) is 8.12. The summed E-state index contributed by atoms with van der Waals surface area (Å²) in [6.45, 7) is 2.75. The van der Waals surface area contributed by atoms with Gasteiger partial charge in [0.05, 0.1) is 0 Å². The molecule has 2 heterocycles. The van der Waals surface area contributed by atoms with Gasteiger partial charge in [-0.3, -0.25) is 4.79 Å². The van der Waals surface area contributed by atoms with Gasteiger partial charge in [-0.2, -0.15) is 4.68 Å². The molecule has 2 N–H and O–H groups in total. The smallest absolute Gasteiger partial charge is 0.346 e. The molecule has 0 saturated carbocycles. The van der Waals surface area contributed by atoms with Crippen LogP contribution < -0.4 is 15.4 Å². The first-order chi connectivity index (χ1) is 17.1. The van der Waals surface area contributed by atoms with Crippen molar-refractivity contribution in [3.63, 3.8) is 0 Å². The van der Waals surface area contributed by atoms with Crippen LogP contribution >= 0.6 is 0 Å². The van der Waals surface area contributed by atoms with Gasteiger partial charge in [0.25, 0.3) is 0 Å². The zero-order valence-corrected chi connectivity index (χ0v) is 18.9. The highest BCUT2D eigenvalue weighted by molar-refractivity contribution is 5.92. The van der Waals surface area contributed by atoms with Gasteiger partial charge >= 0.3 is 6.03 Å². The Bertz CT molecular complexity index is 1330. The monoisotopic (exact) mass is 468 g/mol. The Labute approximate surface area is 202 Å². The molecule has 0 aliphatic carbocycles. The van der Waals surface area contributed by atoms with Crippen LogP contribution in [0, 0.1) is 0 Å². The lowest BCUT2D eigenvalue weighted by Gasteiger charge is -2.35. The van der Waals surface area contributed by atoms with Gasteiger partial charge in [0.1, 0.15) is 17.8 Å². The summed E-state index contributed by atoms with van der Waals surface area (Å²) in [6.07, 6.45) is 1.44. The Morgan fingerprint density at radius 2 is 1.57 bits per heavy atom. The Kier molecular flexibility index (Phi) is 6.13. The predicted molar refractivity (Wildman–Crippen MR) is 132 cm³/mol. The molecule has 0 unspecified atom stereocenters. The molecular formula is C26H24N6O3. The molecular weight excluding hydrogens is 444 g/mol. The van der Waals surface area contributed by atoms with E-state index >= 15 is 0 Å². The minimum absolute atomic E-state index is 0.196. The van der Waals surface area contributed by atoms with E-state index in [4.69, 9.17) is 10.5 Å². The van der Waals surface area contributed by atoms with Crippen molar-refractivity contribution in [1.82, 2.24) is 19.7 Å². The molecule has 1 saturated heterocycles. The van der Waals surface area contributed by atoms with Crippen LogP contribution in [-0.2, 0) is 0 Å². The Balaban J connectivity index is 1.24. The molecule has 1 aromatic heterocycles. The number of amides is 2. The number of hydrogen-bond donors (Lipinski definition) is 1. The van der Waals surface area contributed by atoms with E-state index in [2.05, 4.69) is 27.1 Å². The highest BCUT2D eigenvalue weighted by atomic mass is 16.5. The van der Waals surface area contributed by atoms with Gasteiger partial charge in [0.15, 0.2) is 5.82 Å². The number of hydrogen-bond acceptors (Lipinski definition) is 6. The lowest BCUT2D eigenvalue weighted by Crippen LogP contribution is -2.50. The number of piperazine rings is 1. The molecule has 3 aromatic carbocycles. The third-order valence-electron chi connectivity index (χ3n) is 5.83. The summed E-state index contributed by atoms with van der Waals surface area (Å²) in [7, 11) is 0. The minimum Gasteiger partial charge on any atom is -0.457 e. The van der Waals surface area contributed by atoms with Crippen molar-refractivity contribution in [3.8, 4) is 22.9 Å². The molecule has 35 heavy (non-hydrogen) atoms. The van der Waals surface area contributed by atoms with Gasteiger partial charge in [-0.15, -0.1) is 5.10 Å². The second-order valence-electron chi connectivity index (χ2n) is 8.12. The van der Waals surface area contributed by atoms with Crippen LogP contribution in [0.1, 0.15) is 10.4 Å². The first-order valence-electron chi connectivity index (χ1n) is 11.3. The van der Waals surface area contributed by atoms with Gasteiger partial charge in [0, 0.05) is 43.0 Å². The summed E-state index contributed by atoms with van der Waals surface area (Å²) in [5, 5.41) is 4.41. The fourth-order valence-electron chi connectivity index (χ4n) is 3.95. The average Bonchev–Trinajstić information content (AvgIpc) is 3.40. The highest BCUT2D eigenvalue weighted by Gasteiger charge is 2.23. The number of benzene rings is 3. The van der Waals surface area contributed by atoms with Crippen LogP contribution in [0.2, 0.25) is 0 Å². The van der Waals surface area contributed by atoms with Crippen LogP contribution in [0.15, 0.2) is 85.2 Å². The Hall–Kier alpha value is -4.66. The number of ether oxygens (including phenoxy) is 1. The molecule has 4 aromatic rings. The average molecular weight is 469 g/mol. The Morgan fingerprint density at radius 1 is 0.829 bits per heavy atom. The predicted octanol–water partition coefficient (Wildman–Crippen LogP) is 3.63. The fourth-order valence-corrected chi connectivity index (χ4v) is 3.95. The van der Waals surface area contributed by atoms with Crippen LogP contribution in [0.5, 0.6) is 11.5 Å². The fraction of sp³-hybridized carbons (Fsp3) is 0.154. The van der Waals surface area contributed by atoms with E-state index in [0.717, 1.165) is 24.3 Å². The van der Waals surface area contributed by atoms with Gasteiger partial charge in [0.2, 0.25) is 5.91 Å². The van der Waals surface area contributed by atoms with Crippen molar-refractivity contribution >= 4 is 17.6 Å². The molecule has 2 amide bonds. The zero-order valence-electron chi connectivity index (χ0n) is 18.9. The molecule has 1 aliphatic heterocycles. The van der Waals surface area contributed by atoms with Gasteiger partial charge in [-0.1, -0.05) is 30.3 Å². The number of rotatable bonds is 5. The van der Waals surface area contributed by atoms with E-state index in [0.29, 0.717) is 36.0 Å². The molecule has 0 spiro atoms. The summed E-state index contributed by atoms with van der Waals surface area (Å²) < 4.78 is 7.16. The SMILES string of the molecule is NC(=O)c1ccc(Oc2cccc(-c3ncn(C(=O)N4CCN(c5ccccc5)CC4)n3)c2)cc1. The maximum atomic E-state index is 13.0. The van der Waals surface area contributed by atoms with Crippen molar-refractivity contribution < 1.29 is 14.3 Å². The summed E-state index contributed by atoms with van der Waals surface area (Å²) in [5.41, 5.74) is 7.57. The first kappa shape index (κ1) is 22.1. The summed E-state index contributed by atoms with van der Waals surface area (Å²) >= 11 is 0. The first-order valence-corrected chi connectivity index (χ1v) is 11.3. The van der Waals surface area contributed by atoms with E-state index in [-0.39, 0.29) is 6.03 Å². The van der Waals surface area contributed by atoms with Gasteiger partial charge < -0.3 is 20.3 Å². The number of aromatic nitrogens is 3. The third kappa shape index (κ3) is 4.98. The largest absolute Gasteiger partial charge is 0.457 e. The van der Waals surface area contributed by atoms with E-state index in [1.807, 2.05) is 30.3 Å². The summed E-state index contributed by atoms with van der Waals surface area (Å²) in [4.78, 5) is 32.6. The molecule has 0 radical (unpaired) electrons. The lowest BCUT2D eigenvalue weighted by atomic mass is 10.2. The van der Waals surface area contributed by atoms with Gasteiger partial charge in [-0.25, -0.2) is 9.78 Å². The van der Waals surface area contributed by atoms with E-state index in [9.17, 15) is 9.59 Å². The quantitative estimate of drug-likeness (QED) is 0.479. The topological polar surface area (TPSA) is 107 Å². The zero-order chi connectivity index (χ0) is 24.2. The summed E-state index contributed by atoms with van der Waals surface area (Å²) in [6, 6.07) is 23.8. The van der Waals surface area contributed by atoms with Gasteiger partial charge in [-0.05, 0) is 48.5 Å². The highest BCUT2D eigenvalue weighted by Crippen LogP contribution is 2.26. The third-order valence-corrected chi connectivity index (χ3v) is 5.83. The van der Waals surface area contributed by atoms with Crippen molar-refractivity contribution in [2.45, 2.75) is 0 Å². The van der Waals surface area contributed by atoms with Crippen LogP contribution in [0.4, 0.5) is 10.5 Å². The maximum absolute atomic E-state index is 13.0. The number of primary amides is 1. The Morgan fingerprint density at radius 3 is 2.29 bits per heavy atom. The number of nitrogens with two attached hydrogens (primary N) is 1. The van der Waals surface area contributed by atoms with E-state index < -0.39 is 5.91 Å². The lowest BCUT2D eigenvalue weighted by molar-refractivity contribution is 0.1000. The second kappa shape index (κ2) is 9.68. The van der Waals surface area contributed by atoms with E-state index in [1.165, 1.54) is 11.0 Å². The molecule has 1 aliphatic rings. The van der Waals surface area contributed by atoms with Crippen molar-refractivity contribution in [2.75, 3.05) is 31.1 Å². The van der Waals surface area contributed by atoms with Crippen LogP contribution in [-0.4, -0.2) is 57.8 Å². The van der Waals surface area contributed by atoms with Crippen LogP contribution in [0.3, 0.4) is 0 Å². The molecule has 5 rings (SSSR count). The van der Waals surface area contributed by atoms with Crippen molar-refractivity contribution in [3.05, 3.63) is 90.8 Å². The maximum Gasteiger partial charge on any atom is 0.346 e. The summed E-state index contributed by atoms with van der Waals surface area (Å²) in [5.74, 6) is 1.08. The number of para-hydroxylation sites is 1. The van der Waals surface area contributed by atoms with Crippen molar-refractivity contribution in [1.29, 1.82) is 0 Å².